The molecule has 3 heteroatoms. The predicted octanol–water partition coefficient (Wildman–Crippen LogP) is 4.07. The van der Waals surface area contributed by atoms with Crippen molar-refractivity contribution in [1.82, 2.24) is 0 Å². The van der Waals surface area contributed by atoms with Crippen LogP contribution in [0.1, 0.15) is 31.9 Å². The normalized spacial score (nSPS) is 24.5. The van der Waals surface area contributed by atoms with Crippen LogP contribution in [0.25, 0.3) is 0 Å². The van der Waals surface area contributed by atoms with E-state index < -0.39 is 11.9 Å². The van der Waals surface area contributed by atoms with Crippen LogP contribution in [0.4, 0.5) is 0 Å². The van der Waals surface area contributed by atoms with Gasteiger partial charge in [-0.1, -0.05) is 81.4 Å². The average molecular weight is 310 g/mol. The highest BCUT2D eigenvalue weighted by Crippen LogP contribution is 2.42. The first kappa shape index (κ1) is 15.8. The van der Waals surface area contributed by atoms with Crippen molar-refractivity contribution in [2.45, 2.75) is 39.1 Å². The first-order valence-corrected chi connectivity index (χ1v) is 7.90. The van der Waals surface area contributed by atoms with E-state index in [2.05, 4.69) is 0 Å². The Morgan fingerprint density at radius 1 is 0.957 bits per heavy atom. The Hall–Kier alpha value is -2.13. The molecule has 1 heterocycles. The van der Waals surface area contributed by atoms with Crippen molar-refractivity contribution < 1.29 is 14.3 Å². The summed E-state index contributed by atoms with van der Waals surface area (Å²) < 4.78 is 11.9. The van der Waals surface area contributed by atoms with Crippen molar-refractivity contribution in [1.29, 1.82) is 0 Å². The molecule has 0 spiro atoms. The van der Waals surface area contributed by atoms with Gasteiger partial charge in [0.25, 0.3) is 0 Å². The number of rotatable bonds is 3. The number of carbonyl (C=O) groups excluding carboxylic acids is 1. The van der Waals surface area contributed by atoms with Crippen LogP contribution in [-0.2, 0) is 26.3 Å². The van der Waals surface area contributed by atoms with Crippen LogP contribution in [0.3, 0.4) is 0 Å². The van der Waals surface area contributed by atoms with Gasteiger partial charge in [0.1, 0.15) is 0 Å². The van der Waals surface area contributed by atoms with Crippen LogP contribution in [0, 0.1) is 5.41 Å². The largest absolute Gasteiger partial charge is 0.433 e. The molecule has 120 valence electrons. The Morgan fingerprint density at radius 2 is 1.52 bits per heavy atom. The molecule has 0 bridgehead atoms. The Labute approximate surface area is 137 Å². The second-order valence-electron chi connectivity index (χ2n) is 7.08. The maximum atomic E-state index is 12.8. The Morgan fingerprint density at radius 3 is 2.04 bits per heavy atom. The van der Waals surface area contributed by atoms with Gasteiger partial charge in [-0.15, -0.1) is 0 Å². The molecule has 0 amide bonds. The van der Waals surface area contributed by atoms with Gasteiger partial charge in [-0.05, 0) is 11.1 Å². The Balaban J connectivity index is 2.03. The Bertz CT molecular complexity index is 673. The molecule has 0 N–H and O–H groups in total. The van der Waals surface area contributed by atoms with Gasteiger partial charge in [0.2, 0.25) is 6.29 Å². The van der Waals surface area contributed by atoms with Gasteiger partial charge in [-0.3, -0.25) is 0 Å². The molecule has 1 fully saturated rings. The van der Waals surface area contributed by atoms with E-state index in [1.807, 2.05) is 81.4 Å². The summed E-state index contributed by atoms with van der Waals surface area (Å²) in [5.74, 6) is -0.313. The quantitative estimate of drug-likeness (QED) is 0.802. The van der Waals surface area contributed by atoms with Gasteiger partial charge in [0.15, 0.2) is 5.60 Å². The zero-order chi connectivity index (χ0) is 16.5. The van der Waals surface area contributed by atoms with E-state index in [0.29, 0.717) is 6.42 Å². The molecule has 2 atom stereocenters. The van der Waals surface area contributed by atoms with Crippen molar-refractivity contribution in [2.75, 3.05) is 0 Å². The second-order valence-corrected chi connectivity index (χ2v) is 7.08. The molecule has 0 radical (unpaired) electrons. The summed E-state index contributed by atoms with van der Waals surface area (Å²) >= 11 is 0. The lowest BCUT2D eigenvalue weighted by atomic mass is 9.87. The molecule has 3 nitrogen and oxygen atoms in total. The lowest BCUT2D eigenvalue weighted by Crippen LogP contribution is -2.37. The number of benzene rings is 2. The molecule has 1 aliphatic rings. The van der Waals surface area contributed by atoms with E-state index in [1.165, 1.54) is 0 Å². The van der Waals surface area contributed by atoms with E-state index >= 15 is 0 Å². The first-order valence-electron chi connectivity index (χ1n) is 7.90. The fraction of sp³-hybridized carbons (Fsp3) is 0.350. The van der Waals surface area contributed by atoms with E-state index in [0.717, 1.165) is 11.1 Å². The van der Waals surface area contributed by atoms with Crippen molar-refractivity contribution in [3.05, 3.63) is 71.8 Å². The van der Waals surface area contributed by atoms with Gasteiger partial charge >= 0.3 is 5.97 Å². The minimum Gasteiger partial charge on any atom is -0.433 e. The SMILES string of the molecule is CC(C)(C)[C@H]1OC(=O)[C@@](Cc2ccccc2)(c2ccccc2)O1. The molecule has 1 aliphatic heterocycles. The number of cyclic esters (lactones) is 1. The van der Waals surface area contributed by atoms with Crippen molar-refractivity contribution in [2.24, 2.45) is 5.41 Å². The molecule has 1 saturated heterocycles. The highest BCUT2D eigenvalue weighted by atomic mass is 16.8. The number of hydrogen-bond acceptors (Lipinski definition) is 3. The number of ether oxygens (including phenoxy) is 2. The molecule has 23 heavy (non-hydrogen) atoms. The monoisotopic (exact) mass is 310 g/mol. The van der Waals surface area contributed by atoms with Gasteiger partial charge in [-0.25, -0.2) is 4.79 Å². The highest BCUT2D eigenvalue weighted by molar-refractivity contribution is 5.83. The van der Waals surface area contributed by atoms with Crippen LogP contribution in [0.5, 0.6) is 0 Å². The maximum absolute atomic E-state index is 12.8. The van der Waals surface area contributed by atoms with Crippen LogP contribution in [0.15, 0.2) is 60.7 Å². The summed E-state index contributed by atoms with van der Waals surface area (Å²) in [6.07, 6.45) is -0.0950. The van der Waals surface area contributed by atoms with Gasteiger partial charge in [-0.2, -0.15) is 0 Å². The van der Waals surface area contributed by atoms with Crippen molar-refractivity contribution in [3.8, 4) is 0 Å². The minimum absolute atomic E-state index is 0.275. The minimum atomic E-state index is -1.08. The zero-order valence-corrected chi connectivity index (χ0v) is 13.8. The maximum Gasteiger partial charge on any atom is 0.345 e. The molecular weight excluding hydrogens is 288 g/mol. The van der Waals surface area contributed by atoms with Crippen molar-refractivity contribution >= 4 is 5.97 Å². The van der Waals surface area contributed by atoms with E-state index in [1.54, 1.807) is 0 Å². The summed E-state index contributed by atoms with van der Waals surface area (Å²) in [6.45, 7) is 6.03. The molecular formula is C20H22O3. The van der Waals surface area contributed by atoms with Crippen molar-refractivity contribution in [3.63, 3.8) is 0 Å². The smallest absolute Gasteiger partial charge is 0.345 e. The lowest BCUT2D eigenvalue weighted by molar-refractivity contribution is -0.156. The fourth-order valence-corrected chi connectivity index (χ4v) is 2.79. The standard InChI is InChI=1S/C20H22O3/c1-19(2,3)18-22-17(21)20(23-18,16-12-8-5-9-13-16)14-15-10-6-4-7-11-15/h4-13,18H,14H2,1-3H3/t18-,20+/m0/s1. The van der Waals surface area contributed by atoms with E-state index in [9.17, 15) is 4.79 Å². The molecule has 2 aromatic rings. The Kier molecular flexibility index (Phi) is 3.99. The van der Waals surface area contributed by atoms with Crippen LogP contribution >= 0.6 is 0 Å². The molecule has 0 saturated carbocycles. The van der Waals surface area contributed by atoms with E-state index in [4.69, 9.17) is 9.47 Å². The average Bonchev–Trinajstić information content (AvgIpc) is 2.87. The molecule has 3 rings (SSSR count). The number of carbonyl (C=O) groups is 1. The fourth-order valence-electron chi connectivity index (χ4n) is 2.79. The highest BCUT2D eigenvalue weighted by Gasteiger charge is 2.54. The third-order valence-electron chi connectivity index (χ3n) is 4.10. The molecule has 0 aromatic heterocycles. The molecule has 0 aliphatic carbocycles. The molecule has 2 aromatic carbocycles. The number of hydrogen-bond donors (Lipinski definition) is 0. The summed E-state index contributed by atoms with van der Waals surface area (Å²) in [6, 6.07) is 19.5. The summed E-state index contributed by atoms with van der Waals surface area (Å²) in [5, 5.41) is 0. The second kappa shape index (κ2) is 5.82. The zero-order valence-electron chi connectivity index (χ0n) is 13.8. The van der Waals surface area contributed by atoms with Crippen LogP contribution in [0.2, 0.25) is 0 Å². The van der Waals surface area contributed by atoms with Gasteiger partial charge in [0, 0.05) is 11.8 Å². The molecule has 0 unspecified atom stereocenters. The predicted molar refractivity (Wildman–Crippen MR) is 88.7 cm³/mol. The third-order valence-corrected chi connectivity index (χ3v) is 4.10. The topological polar surface area (TPSA) is 35.5 Å². The lowest BCUT2D eigenvalue weighted by Gasteiger charge is -2.29. The number of esters is 1. The van der Waals surface area contributed by atoms with Gasteiger partial charge < -0.3 is 9.47 Å². The van der Waals surface area contributed by atoms with Crippen LogP contribution in [-0.4, -0.2) is 12.3 Å². The summed E-state index contributed by atoms with van der Waals surface area (Å²) in [4.78, 5) is 12.8. The summed E-state index contributed by atoms with van der Waals surface area (Å²) in [7, 11) is 0. The third kappa shape index (κ3) is 3.02. The first-order chi connectivity index (χ1) is 10.9. The summed E-state index contributed by atoms with van der Waals surface area (Å²) in [5.41, 5.74) is 0.521. The van der Waals surface area contributed by atoms with Gasteiger partial charge in [0.05, 0.1) is 0 Å². The van der Waals surface area contributed by atoms with Crippen LogP contribution < -0.4 is 0 Å². The van der Waals surface area contributed by atoms with E-state index in [-0.39, 0.29) is 11.4 Å².